The zero-order valence-electron chi connectivity index (χ0n) is 13.5. The number of hydrogen-bond acceptors (Lipinski definition) is 6. The molecule has 23 heavy (non-hydrogen) atoms. The summed E-state index contributed by atoms with van der Waals surface area (Å²) in [4.78, 5) is 32.2. The minimum absolute atomic E-state index is 0.0164. The summed E-state index contributed by atoms with van der Waals surface area (Å²) < 4.78 is 2.92. The summed E-state index contributed by atoms with van der Waals surface area (Å²) in [5.74, 6) is 0.568. The molecule has 0 fully saturated rings. The van der Waals surface area contributed by atoms with E-state index >= 15 is 0 Å². The van der Waals surface area contributed by atoms with Crippen LogP contribution in [0, 0.1) is 6.92 Å². The Labute approximate surface area is 138 Å². The second kappa shape index (κ2) is 6.25. The Kier molecular flexibility index (Phi) is 4.31. The molecule has 0 spiro atoms. The van der Waals surface area contributed by atoms with Crippen molar-refractivity contribution in [2.24, 2.45) is 0 Å². The first-order valence-electron chi connectivity index (χ1n) is 7.44. The Morgan fingerprint density at radius 2 is 2.17 bits per heavy atom. The molecule has 1 aliphatic rings. The number of amides is 1. The molecule has 0 aliphatic carbocycles. The van der Waals surface area contributed by atoms with Gasteiger partial charge in [-0.2, -0.15) is 5.10 Å². The van der Waals surface area contributed by atoms with Crippen LogP contribution in [0.5, 0.6) is 0 Å². The number of thiazole rings is 1. The van der Waals surface area contributed by atoms with Crippen molar-refractivity contribution < 1.29 is 4.79 Å². The lowest BCUT2D eigenvalue weighted by atomic mass is 10.3. The van der Waals surface area contributed by atoms with E-state index in [4.69, 9.17) is 0 Å². The van der Waals surface area contributed by atoms with Crippen molar-refractivity contribution in [2.45, 2.75) is 33.1 Å². The lowest BCUT2D eigenvalue weighted by molar-refractivity contribution is -0.129. The maximum atomic E-state index is 12.3. The van der Waals surface area contributed by atoms with Gasteiger partial charge in [0.2, 0.25) is 5.91 Å². The van der Waals surface area contributed by atoms with Gasteiger partial charge in [-0.3, -0.25) is 14.3 Å². The highest BCUT2D eigenvalue weighted by molar-refractivity contribution is 7.09. The number of nitrogens with zero attached hydrogens (tertiary/aromatic N) is 6. The average molecular weight is 336 g/mol. The molecule has 0 bridgehead atoms. The number of fused-ring (bicyclic) bond motifs is 1. The van der Waals surface area contributed by atoms with Gasteiger partial charge in [-0.25, -0.2) is 14.5 Å². The quantitative estimate of drug-likeness (QED) is 0.780. The minimum Gasteiger partial charge on any atom is -0.347 e. The second-order valence-corrected chi connectivity index (χ2v) is 6.83. The molecule has 0 radical (unpaired) electrons. The Hall–Kier alpha value is -2.00. The van der Waals surface area contributed by atoms with Crippen molar-refractivity contribution in [1.29, 1.82) is 0 Å². The number of aryl methyl sites for hydroxylation is 1. The predicted octanol–water partition coefficient (Wildman–Crippen LogP) is -0.0863. The third kappa shape index (κ3) is 3.35. The van der Waals surface area contributed by atoms with Gasteiger partial charge in [-0.1, -0.05) is 0 Å². The first-order valence-corrected chi connectivity index (χ1v) is 8.32. The SMILES string of the molecule is Cc1csc(CN2CCn3c(nn(CC(=O)N(C)C)c3=O)C2)n1. The maximum absolute atomic E-state index is 12.3. The van der Waals surface area contributed by atoms with E-state index in [1.807, 2.05) is 12.3 Å². The molecule has 0 atom stereocenters. The van der Waals surface area contributed by atoms with Gasteiger partial charge in [-0.05, 0) is 6.92 Å². The zero-order chi connectivity index (χ0) is 16.6. The van der Waals surface area contributed by atoms with E-state index in [1.165, 1.54) is 9.58 Å². The van der Waals surface area contributed by atoms with E-state index in [0.29, 0.717) is 18.9 Å². The van der Waals surface area contributed by atoms with Crippen molar-refractivity contribution >= 4 is 17.2 Å². The molecule has 124 valence electrons. The minimum atomic E-state index is -0.208. The molecule has 0 saturated carbocycles. The zero-order valence-corrected chi connectivity index (χ0v) is 14.3. The Bertz CT molecular complexity index is 775. The number of aromatic nitrogens is 4. The lowest BCUT2D eigenvalue weighted by Gasteiger charge is -2.25. The third-order valence-electron chi connectivity index (χ3n) is 3.81. The molecule has 2 aromatic heterocycles. The van der Waals surface area contributed by atoms with Gasteiger partial charge in [0.25, 0.3) is 0 Å². The normalized spacial score (nSPS) is 14.7. The second-order valence-electron chi connectivity index (χ2n) is 5.89. The molecule has 1 aliphatic heterocycles. The summed E-state index contributed by atoms with van der Waals surface area (Å²) in [5.41, 5.74) is 0.824. The fourth-order valence-corrected chi connectivity index (χ4v) is 3.34. The van der Waals surface area contributed by atoms with Gasteiger partial charge >= 0.3 is 5.69 Å². The van der Waals surface area contributed by atoms with Crippen LogP contribution in [-0.2, 0) is 31.0 Å². The van der Waals surface area contributed by atoms with Gasteiger partial charge in [0.15, 0.2) is 0 Å². The van der Waals surface area contributed by atoms with Gasteiger partial charge in [0.05, 0.1) is 13.1 Å². The summed E-state index contributed by atoms with van der Waals surface area (Å²) in [6, 6.07) is 0. The fourth-order valence-electron chi connectivity index (χ4n) is 2.52. The number of carbonyl (C=O) groups is 1. The topological polar surface area (TPSA) is 76.3 Å². The number of carbonyl (C=O) groups excluding carboxylic acids is 1. The van der Waals surface area contributed by atoms with E-state index in [2.05, 4.69) is 15.0 Å². The molecule has 0 aromatic carbocycles. The highest BCUT2D eigenvalue weighted by atomic mass is 32.1. The Balaban J connectivity index is 1.73. The molecular weight excluding hydrogens is 316 g/mol. The van der Waals surface area contributed by atoms with Gasteiger partial charge in [0.1, 0.15) is 17.4 Å². The van der Waals surface area contributed by atoms with Crippen LogP contribution >= 0.6 is 11.3 Å². The van der Waals surface area contributed by atoms with E-state index in [9.17, 15) is 9.59 Å². The summed E-state index contributed by atoms with van der Waals surface area (Å²) in [6.45, 7) is 4.69. The van der Waals surface area contributed by atoms with E-state index in [-0.39, 0.29) is 18.1 Å². The van der Waals surface area contributed by atoms with Crippen LogP contribution in [0.2, 0.25) is 0 Å². The average Bonchev–Trinajstić information content (AvgIpc) is 3.03. The van der Waals surface area contributed by atoms with Crippen LogP contribution < -0.4 is 5.69 Å². The van der Waals surface area contributed by atoms with Crippen LogP contribution in [0.4, 0.5) is 0 Å². The van der Waals surface area contributed by atoms with E-state index in [1.54, 1.807) is 30.0 Å². The summed E-state index contributed by atoms with van der Waals surface area (Å²) in [6.07, 6.45) is 0. The highest BCUT2D eigenvalue weighted by Crippen LogP contribution is 2.15. The Morgan fingerprint density at radius 3 is 2.83 bits per heavy atom. The number of likely N-dealkylation sites (N-methyl/N-ethyl adjacent to an activating group) is 1. The largest absolute Gasteiger partial charge is 0.347 e. The smallest absolute Gasteiger partial charge is 0.346 e. The monoisotopic (exact) mass is 336 g/mol. The summed E-state index contributed by atoms with van der Waals surface area (Å²) in [7, 11) is 3.34. The van der Waals surface area contributed by atoms with Gasteiger partial charge in [-0.15, -0.1) is 11.3 Å². The van der Waals surface area contributed by atoms with Crippen LogP contribution in [0.15, 0.2) is 10.2 Å². The van der Waals surface area contributed by atoms with Crippen molar-refractivity contribution in [3.63, 3.8) is 0 Å². The van der Waals surface area contributed by atoms with E-state index < -0.39 is 0 Å². The van der Waals surface area contributed by atoms with Crippen molar-refractivity contribution in [1.82, 2.24) is 29.1 Å². The fraction of sp³-hybridized carbons (Fsp3) is 0.571. The van der Waals surface area contributed by atoms with E-state index in [0.717, 1.165) is 23.8 Å². The molecule has 9 heteroatoms. The standard InChI is InChI=1S/C14H20N6O2S/c1-10-9-23-12(15-10)7-18-4-5-19-11(6-18)16-20(14(19)22)8-13(21)17(2)3/h9H,4-8H2,1-3H3. The molecule has 1 amide bonds. The summed E-state index contributed by atoms with van der Waals surface area (Å²) >= 11 is 1.65. The van der Waals surface area contributed by atoms with Crippen molar-refractivity contribution in [3.8, 4) is 0 Å². The van der Waals surface area contributed by atoms with Gasteiger partial charge < -0.3 is 4.90 Å². The molecule has 0 saturated heterocycles. The van der Waals surface area contributed by atoms with Gasteiger partial charge in [0, 0.05) is 38.3 Å². The van der Waals surface area contributed by atoms with Crippen molar-refractivity contribution in [2.75, 3.05) is 20.6 Å². The molecule has 8 nitrogen and oxygen atoms in total. The lowest BCUT2D eigenvalue weighted by Crippen LogP contribution is -2.38. The Morgan fingerprint density at radius 1 is 1.39 bits per heavy atom. The predicted molar refractivity (Wildman–Crippen MR) is 86.1 cm³/mol. The highest BCUT2D eigenvalue weighted by Gasteiger charge is 2.23. The molecule has 0 N–H and O–H groups in total. The van der Waals surface area contributed by atoms with Crippen LogP contribution in [0.25, 0.3) is 0 Å². The van der Waals surface area contributed by atoms with Crippen LogP contribution in [0.1, 0.15) is 16.5 Å². The van der Waals surface area contributed by atoms with Crippen LogP contribution in [-0.4, -0.2) is 55.7 Å². The molecule has 3 heterocycles. The molecule has 3 rings (SSSR count). The molecular formula is C14H20N6O2S. The maximum Gasteiger partial charge on any atom is 0.346 e. The van der Waals surface area contributed by atoms with Crippen LogP contribution in [0.3, 0.4) is 0 Å². The number of rotatable bonds is 4. The number of hydrogen-bond donors (Lipinski definition) is 0. The molecule has 2 aromatic rings. The first kappa shape index (κ1) is 15.9. The summed E-state index contributed by atoms with van der Waals surface area (Å²) in [5, 5.41) is 7.44. The third-order valence-corrected chi connectivity index (χ3v) is 4.76. The first-order chi connectivity index (χ1) is 10.9. The molecule has 0 unspecified atom stereocenters. The van der Waals surface area contributed by atoms with Crippen molar-refractivity contribution in [3.05, 3.63) is 32.4 Å².